The Balaban J connectivity index is 2.87. The van der Waals surface area contributed by atoms with Gasteiger partial charge in [0, 0.05) is 15.6 Å². The molecule has 1 atom stereocenters. The van der Waals surface area contributed by atoms with Gasteiger partial charge in [-0.1, -0.05) is 6.07 Å². The van der Waals surface area contributed by atoms with E-state index in [1.165, 1.54) is 12.1 Å². The predicted octanol–water partition coefficient (Wildman–Crippen LogP) is 1.13. The van der Waals surface area contributed by atoms with Crippen LogP contribution in [-0.4, -0.2) is 22.9 Å². The summed E-state index contributed by atoms with van der Waals surface area (Å²) in [6, 6.07) is 5.61. The minimum absolute atomic E-state index is 0.123. The van der Waals surface area contributed by atoms with Crippen LogP contribution in [0.5, 0.6) is 0 Å². The Kier molecular flexibility index (Phi) is 4.08. The molecule has 13 heavy (non-hydrogen) atoms. The smallest absolute Gasteiger partial charge is 0.127 e. The molecule has 1 radical (unpaired) electrons. The second-order valence-corrected chi connectivity index (χ2v) is 3.74. The number of benzene rings is 1. The van der Waals surface area contributed by atoms with E-state index in [0.717, 1.165) is 0 Å². The average Bonchev–Trinajstić information content (AvgIpc) is 2.11. The highest BCUT2D eigenvalue weighted by molar-refractivity contribution is 14.1. The SMILES string of the molecule is OCC(O)Cc1c(I)[c]ccc1F. The molecular formula is C9H9FIO2. The van der Waals surface area contributed by atoms with E-state index in [0.29, 0.717) is 9.13 Å². The summed E-state index contributed by atoms with van der Waals surface area (Å²) in [6.07, 6.45) is -0.781. The van der Waals surface area contributed by atoms with Crippen LogP contribution < -0.4 is 0 Å². The van der Waals surface area contributed by atoms with Crippen LogP contribution in [0.3, 0.4) is 0 Å². The zero-order chi connectivity index (χ0) is 9.84. The summed E-state index contributed by atoms with van der Waals surface area (Å²) in [7, 11) is 0. The maximum atomic E-state index is 13.1. The summed E-state index contributed by atoms with van der Waals surface area (Å²) in [5.41, 5.74) is 0.407. The van der Waals surface area contributed by atoms with Crippen molar-refractivity contribution < 1.29 is 14.6 Å². The van der Waals surface area contributed by atoms with Crippen LogP contribution in [0.4, 0.5) is 4.39 Å². The third-order valence-corrected chi connectivity index (χ3v) is 2.61. The highest BCUT2D eigenvalue weighted by Crippen LogP contribution is 2.16. The van der Waals surface area contributed by atoms with E-state index < -0.39 is 6.10 Å². The van der Waals surface area contributed by atoms with E-state index >= 15 is 0 Å². The molecule has 0 heterocycles. The van der Waals surface area contributed by atoms with Crippen molar-refractivity contribution in [2.75, 3.05) is 6.61 Å². The number of aliphatic hydroxyl groups excluding tert-OH is 2. The Morgan fingerprint density at radius 2 is 2.31 bits per heavy atom. The fourth-order valence-electron chi connectivity index (χ4n) is 0.968. The fourth-order valence-corrected chi connectivity index (χ4v) is 1.63. The maximum Gasteiger partial charge on any atom is 0.127 e. The Hall–Kier alpha value is -0.200. The van der Waals surface area contributed by atoms with Gasteiger partial charge in [0.25, 0.3) is 0 Å². The van der Waals surface area contributed by atoms with Gasteiger partial charge in [0.05, 0.1) is 12.7 Å². The topological polar surface area (TPSA) is 40.5 Å². The van der Waals surface area contributed by atoms with Gasteiger partial charge < -0.3 is 10.2 Å². The third-order valence-electron chi connectivity index (χ3n) is 1.64. The number of aliphatic hydroxyl groups is 2. The summed E-state index contributed by atoms with van der Waals surface area (Å²) in [5, 5.41) is 17.7. The molecule has 0 saturated carbocycles. The number of rotatable bonds is 3. The molecule has 1 aromatic carbocycles. The molecule has 0 amide bonds. The Morgan fingerprint density at radius 1 is 1.62 bits per heavy atom. The lowest BCUT2D eigenvalue weighted by atomic mass is 10.1. The van der Waals surface area contributed by atoms with Gasteiger partial charge in [0.2, 0.25) is 0 Å². The van der Waals surface area contributed by atoms with E-state index in [4.69, 9.17) is 10.2 Å². The van der Waals surface area contributed by atoms with Gasteiger partial charge in [-0.3, -0.25) is 0 Å². The van der Waals surface area contributed by atoms with Crippen LogP contribution in [0.2, 0.25) is 0 Å². The fraction of sp³-hybridized carbons (Fsp3) is 0.333. The summed E-state index contributed by atoms with van der Waals surface area (Å²) >= 11 is 1.95. The highest BCUT2D eigenvalue weighted by Gasteiger charge is 2.11. The summed E-state index contributed by atoms with van der Waals surface area (Å²) in [5.74, 6) is -0.365. The molecule has 0 spiro atoms. The van der Waals surface area contributed by atoms with Gasteiger partial charge in [-0.2, -0.15) is 0 Å². The molecule has 0 bridgehead atoms. The van der Waals surface area contributed by atoms with Crippen LogP contribution in [0, 0.1) is 15.5 Å². The van der Waals surface area contributed by atoms with Crippen LogP contribution in [0.1, 0.15) is 5.56 Å². The van der Waals surface area contributed by atoms with Gasteiger partial charge in [0.15, 0.2) is 0 Å². The van der Waals surface area contributed by atoms with Crippen LogP contribution in [-0.2, 0) is 6.42 Å². The van der Waals surface area contributed by atoms with Crippen LogP contribution in [0.25, 0.3) is 0 Å². The first-order chi connectivity index (χ1) is 6.15. The van der Waals surface area contributed by atoms with E-state index in [1.54, 1.807) is 0 Å². The quantitative estimate of drug-likeness (QED) is 0.821. The maximum absolute atomic E-state index is 13.1. The number of hydrogen-bond donors (Lipinski definition) is 2. The van der Waals surface area contributed by atoms with E-state index in [-0.39, 0.29) is 18.8 Å². The van der Waals surface area contributed by atoms with Crippen LogP contribution >= 0.6 is 22.6 Å². The molecule has 1 aromatic rings. The van der Waals surface area contributed by atoms with Crippen molar-refractivity contribution >= 4 is 22.6 Å². The van der Waals surface area contributed by atoms with Crippen molar-refractivity contribution in [1.29, 1.82) is 0 Å². The molecule has 71 valence electrons. The predicted molar refractivity (Wildman–Crippen MR) is 54.7 cm³/mol. The lowest BCUT2D eigenvalue weighted by Crippen LogP contribution is -2.16. The van der Waals surface area contributed by atoms with Gasteiger partial charge >= 0.3 is 0 Å². The molecule has 0 aliphatic carbocycles. The molecule has 2 N–H and O–H groups in total. The zero-order valence-electron chi connectivity index (χ0n) is 6.80. The first kappa shape index (κ1) is 10.9. The first-order valence-corrected chi connectivity index (χ1v) is 4.86. The van der Waals surface area contributed by atoms with Crippen molar-refractivity contribution in [2.24, 2.45) is 0 Å². The third kappa shape index (κ3) is 2.89. The van der Waals surface area contributed by atoms with Gasteiger partial charge in [-0.05, 0) is 34.7 Å². The Morgan fingerprint density at radius 3 is 2.85 bits per heavy atom. The Bertz CT molecular complexity index is 271. The summed E-state index contributed by atoms with van der Waals surface area (Å²) < 4.78 is 13.8. The molecule has 0 aromatic heterocycles. The van der Waals surface area contributed by atoms with Crippen molar-refractivity contribution in [2.45, 2.75) is 12.5 Å². The number of halogens is 2. The minimum atomic E-state index is -0.904. The van der Waals surface area contributed by atoms with E-state index in [1.807, 2.05) is 22.6 Å². The molecule has 2 nitrogen and oxygen atoms in total. The van der Waals surface area contributed by atoms with Gasteiger partial charge in [0.1, 0.15) is 5.82 Å². The monoisotopic (exact) mass is 295 g/mol. The van der Waals surface area contributed by atoms with E-state index in [2.05, 4.69) is 6.07 Å². The zero-order valence-corrected chi connectivity index (χ0v) is 8.95. The molecule has 0 aliphatic rings. The molecule has 4 heteroatoms. The second-order valence-electron chi connectivity index (χ2n) is 2.66. The highest BCUT2D eigenvalue weighted by atomic mass is 127. The van der Waals surface area contributed by atoms with E-state index in [9.17, 15) is 4.39 Å². The second kappa shape index (κ2) is 4.88. The van der Waals surface area contributed by atoms with Crippen molar-refractivity contribution in [3.8, 4) is 0 Å². The van der Waals surface area contributed by atoms with Crippen LogP contribution in [0.15, 0.2) is 12.1 Å². The lowest BCUT2D eigenvalue weighted by molar-refractivity contribution is 0.0946. The van der Waals surface area contributed by atoms with Crippen molar-refractivity contribution in [3.05, 3.63) is 33.1 Å². The molecule has 0 fully saturated rings. The standard InChI is InChI=1S/C9H9FIO2/c10-8-2-1-3-9(11)7(8)4-6(13)5-12/h1-2,6,12-13H,4-5H2. The number of hydrogen-bond acceptors (Lipinski definition) is 2. The summed E-state index contributed by atoms with van der Waals surface area (Å²) in [4.78, 5) is 0. The summed E-state index contributed by atoms with van der Waals surface area (Å²) in [6.45, 7) is -0.357. The molecular weight excluding hydrogens is 286 g/mol. The minimum Gasteiger partial charge on any atom is -0.394 e. The normalized spacial score (nSPS) is 12.9. The molecule has 1 rings (SSSR count). The molecule has 1 unspecified atom stereocenters. The van der Waals surface area contributed by atoms with Crippen molar-refractivity contribution in [1.82, 2.24) is 0 Å². The lowest BCUT2D eigenvalue weighted by Gasteiger charge is -2.09. The largest absolute Gasteiger partial charge is 0.394 e. The average molecular weight is 295 g/mol. The van der Waals surface area contributed by atoms with Crippen molar-refractivity contribution in [3.63, 3.8) is 0 Å². The first-order valence-electron chi connectivity index (χ1n) is 3.78. The molecule has 0 aliphatic heterocycles. The van der Waals surface area contributed by atoms with Gasteiger partial charge in [-0.15, -0.1) is 0 Å². The van der Waals surface area contributed by atoms with Gasteiger partial charge in [-0.25, -0.2) is 4.39 Å². The Labute approximate surface area is 89.5 Å². The molecule has 0 saturated heterocycles.